The molecule has 0 N–H and O–H groups in total. The molecule has 0 radical (unpaired) electrons. The molecule has 0 saturated carbocycles. The van der Waals surface area contributed by atoms with E-state index in [1.807, 2.05) is 6.07 Å². The van der Waals surface area contributed by atoms with E-state index in [4.69, 9.17) is 4.74 Å². The van der Waals surface area contributed by atoms with Crippen LogP contribution in [0.2, 0.25) is 0 Å². The predicted molar refractivity (Wildman–Crippen MR) is 92.2 cm³/mol. The molecule has 132 valence electrons. The lowest BCUT2D eigenvalue weighted by molar-refractivity contribution is -0.149. The van der Waals surface area contributed by atoms with Gasteiger partial charge in [0.25, 0.3) is 11.5 Å². The molecule has 0 aromatic carbocycles. The first-order valence-corrected chi connectivity index (χ1v) is 8.43. The second-order valence-corrected chi connectivity index (χ2v) is 6.18. The summed E-state index contributed by atoms with van der Waals surface area (Å²) in [6.07, 6.45) is 3.02. The smallest absolute Gasteiger partial charge is 0.310 e. The molecule has 7 heteroatoms. The minimum absolute atomic E-state index is 0.104. The maximum absolute atomic E-state index is 12.9. The van der Waals surface area contributed by atoms with Crippen LogP contribution in [0.1, 0.15) is 30.1 Å². The molecule has 0 bridgehead atoms. The van der Waals surface area contributed by atoms with E-state index in [0.29, 0.717) is 31.6 Å². The molecule has 1 aliphatic rings. The number of esters is 1. The molecular formula is C18H21N3O4. The Balaban J connectivity index is 1.90. The molecular weight excluding hydrogens is 322 g/mol. The highest BCUT2D eigenvalue weighted by Crippen LogP contribution is 2.20. The summed E-state index contributed by atoms with van der Waals surface area (Å²) >= 11 is 0. The van der Waals surface area contributed by atoms with Gasteiger partial charge in [-0.2, -0.15) is 0 Å². The number of carbonyl (C=O) groups is 2. The topological polar surface area (TPSA) is 81.5 Å². The Bertz CT molecular complexity index is 874. The number of aromatic nitrogens is 2. The number of carbonyl (C=O) groups excluding carboxylic acids is 2. The third-order valence-electron chi connectivity index (χ3n) is 4.53. The zero-order valence-corrected chi connectivity index (χ0v) is 14.4. The Morgan fingerprint density at radius 3 is 2.96 bits per heavy atom. The zero-order valence-electron chi connectivity index (χ0n) is 14.4. The molecule has 7 nitrogen and oxygen atoms in total. The van der Waals surface area contributed by atoms with E-state index in [0.717, 1.165) is 5.39 Å². The fourth-order valence-electron chi connectivity index (χ4n) is 3.23. The molecule has 1 aliphatic heterocycles. The number of hydrogen-bond acceptors (Lipinski definition) is 5. The zero-order chi connectivity index (χ0) is 18.0. The lowest BCUT2D eigenvalue weighted by atomic mass is 9.97. The molecule has 1 saturated heterocycles. The van der Waals surface area contributed by atoms with Crippen LogP contribution in [0.25, 0.3) is 11.0 Å². The molecule has 0 unspecified atom stereocenters. The minimum atomic E-state index is -0.380. The van der Waals surface area contributed by atoms with Crippen LogP contribution in [0.5, 0.6) is 0 Å². The van der Waals surface area contributed by atoms with E-state index in [-0.39, 0.29) is 35.5 Å². The van der Waals surface area contributed by atoms with E-state index in [1.54, 1.807) is 37.2 Å². The molecule has 3 heterocycles. The maximum atomic E-state index is 12.9. The van der Waals surface area contributed by atoms with E-state index in [9.17, 15) is 14.4 Å². The Morgan fingerprint density at radius 1 is 1.40 bits per heavy atom. The van der Waals surface area contributed by atoms with Crippen molar-refractivity contribution < 1.29 is 14.3 Å². The Morgan fingerprint density at radius 2 is 2.20 bits per heavy atom. The second-order valence-electron chi connectivity index (χ2n) is 6.18. The summed E-state index contributed by atoms with van der Waals surface area (Å²) in [6.45, 7) is 2.90. The summed E-state index contributed by atoms with van der Waals surface area (Å²) in [6, 6.07) is 5.16. The van der Waals surface area contributed by atoms with E-state index in [1.165, 1.54) is 4.57 Å². The standard InChI is InChI=1S/C18H21N3O4/c1-3-25-18(24)13-7-5-9-21(11-13)17(23)14-10-12-6-4-8-19-15(12)20(2)16(14)22/h4,6,8,10,13H,3,5,7,9,11H2,1-2H3/t13-/m1/s1. The minimum Gasteiger partial charge on any atom is -0.466 e. The highest BCUT2D eigenvalue weighted by atomic mass is 16.5. The van der Waals surface area contributed by atoms with Crippen molar-refractivity contribution >= 4 is 22.9 Å². The normalized spacial score (nSPS) is 17.5. The summed E-state index contributed by atoms with van der Waals surface area (Å²) < 4.78 is 6.45. The van der Waals surface area contributed by atoms with Gasteiger partial charge in [0.2, 0.25) is 0 Å². The largest absolute Gasteiger partial charge is 0.466 e. The lowest BCUT2D eigenvalue weighted by Gasteiger charge is -2.31. The third kappa shape index (κ3) is 3.26. The number of ether oxygens (including phenoxy) is 1. The van der Waals surface area contributed by atoms with Crippen LogP contribution >= 0.6 is 0 Å². The number of amides is 1. The van der Waals surface area contributed by atoms with Crippen molar-refractivity contribution in [1.29, 1.82) is 0 Å². The number of pyridine rings is 2. The van der Waals surface area contributed by atoms with Crippen LogP contribution < -0.4 is 5.56 Å². The summed E-state index contributed by atoms with van der Waals surface area (Å²) in [5, 5.41) is 0.729. The molecule has 1 amide bonds. The number of aryl methyl sites for hydroxylation is 1. The molecule has 0 spiro atoms. The number of likely N-dealkylation sites (tertiary alicyclic amines) is 1. The fourth-order valence-corrected chi connectivity index (χ4v) is 3.23. The Kier molecular flexibility index (Phi) is 4.83. The molecule has 1 atom stereocenters. The van der Waals surface area contributed by atoms with Gasteiger partial charge in [-0.05, 0) is 38.0 Å². The van der Waals surface area contributed by atoms with Gasteiger partial charge in [0, 0.05) is 31.7 Å². The first-order chi connectivity index (χ1) is 12.0. The van der Waals surface area contributed by atoms with Crippen LogP contribution in [0, 0.1) is 5.92 Å². The number of piperidine rings is 1. The van der Waals surface area contributed by atoms with E-state index >= 15 is 0 Å². The predicted octanol–water partition coefficient (Wildman–Crippen LogP) is 1.35. The third-order valence-corrected chi connectivity index (χ3v) is 4.53. The summed E-state index contributed by atoms with van der Waals surface area (Å²) in [5.74, 6) is -0.959. The van der Waals surface area contributed by atoms with Gasteiger partial charge in [-0.15, -0.1) is 0 Å². The summed E-state index contributed by atoms with van der Waals surface area (Å²) in [5.41, 5.74) is 0.258. The van der Waals surface area contributed by atoms with Gasteiger partial charge in [-0.3, -0.25) is 19.0 Å². The van der Waals surface area contributed by atoms with Crippen LogP contribution in [0.3, 0.4) is 0 Å². The number of nitrogens with zero attached hydrogens (tertiary/aromatic N) is 3. The monoisotopic (exact) mass is 343 g/mol. The molecule has 2 aromatic rings. The van der Waals surface area contributed by atoms with Gasteiger partial charge in [0.05, 0.1) is 12.5 Å². The van der Waals surface area contributed by atoms with Crippen molar-refractivity contribution in [2.75, 3.05) is 19.7 Å². The number of rotatable bonds is 3. The molecule has 3 rings (SSSR count). The average molecular weight is 343 g/mol. The van der Waals surface area contributed by atoms with Crippen molar-refractivity contribution in [1.82, 2.24) is 14.5 Å². The van der Waals surface area contributed by atoms with Crippen molar-refractivity contribution in [3.8, 4) is 0 Å². The Labute approximate surface area is 145 Å². The summed E-state index contributed by atoms with van der Waals surface area (Å²) in [4.78, 5) is 43.2. The van der Waals surface area contributed by atoms with Gasteiger partial charge in [0.1, 0.15) is 11.2 Å². The second kappa shape index (κ2) is 7.04. The van der Waals surface area contributed by atoms with Gasteiger partial charge >= 0.3 is 5.97 Å². The first-order valence-electron chi connectivity index (χ1n) is 8.43. The number of fused-ring (bicyclic) bond motifs is 1. The van der Waals surface area contributed by atoms with Crippen molar-refractivity contribution in [2.45, 2.75) is 19.8 Å². The lowest BCUT2D eigenvalue weighted by Crippen LogP contribution is -2.44. The van der Waals surface area contributed by atoms with Gasteiger partial charge < -0.3 is 9.64 Å². The van der Waals surface area contributed by atoms with Gasteiger partial charge in [0.15, 0.2) is 0 Å². The molecule has 2 aromatic heterocycles. The average Bonchev–Trinajstić information content (AvgIpc) is 2.64. The highest BCUT2D eigenvalue weighted by molar-refractivity contribution is 5.97. The van der Waals surface area contributed by atoms with Crippen LogP contribution in [0.4, 0.5) is 0 Å². The maximum Gasteiger partial charge on any atom is 0.310 e. The van der Waals surface area contributed by atoms with Crippen molar-refractivity contribution in [2.24, 2.45) is 13.0 Å². The van der Waals surface area contributed by atoms with Gasteiger partial charge in [-0.1, -0.05) is 0 Å². The van der Waals surface area contributed by atoms with Crippen molar-refractivity contribution in [3.63, 3.8) is 0 Å². The fraction of sp³-hybridized carbons (Fsp3) is 0.444. The summed E-state index contributed by atoms with van der Waals surface area (Å²) in [7, 11) is 1.60. The van der Waals surface area contributed by atoms with Crippen molar-refractivity contribution in [3.05, 3.63) is 40.3 Å². The molecule has 0 aliphatic carbocycles. The highest BCUT2D eigenvalue weighted by Gasteiger charge is 2.31. The van der Waals surface area contributed by atoms with E-state index in [2.05, 4.69) is 4.98 Å². The van der Waals surface area contributed by atoms with Gasteiger partial charge in [-0.25, -0.2) is 4.98 Å². The van der Waals surface area contributed by atoms with E-state index < -0.39 is 0 Å². The first kappa shape index (κ1) is 17.1. The molecule has 1 fully saturated rings. The quantitative estimate of drug-likeness (QED) is 0.786. The number of hydrogen-bond donors (Lipinski definition) is 0. The van der Waals surface area contributed by atoms with Crippen LogP contribution in [-0.2, 0) is 16.6 Å². The van der Waals surface area contributed by atoms with Crippen LogP contribution in [-0.4, -0.2) is 46.0 Å². The SMILES string of the molecule is CCOC(=O)[C@@H]1CCCN(C(=O)c2cc3cccnc3n(C)c2=O)C1. The molecule has 25 heavy (non-hydrogen) atoms. The Hall–Kier alpha value is -2.70. The van der Waals surface area contributed by atoms with Crippen LogP contribution in [0.15, 0.2) is 29.2 Å².